The number of aryl methyl sites for hydroxylation is 1. The first-order valence-corrected chi connectivity index (χ1v) is 7.46. The van der Waals surface area contributed by atoms with Crippen molar-refractivity contribution in [3.05, 3.63) is 50.9 Å². The third-order valence-corrected chi connectivity index (χ3v) is 3.98. The lowest BCUT2D eigenvalue weighted by Crippen LogP contribution is -2.15. The van der Waals surface area contributed by atoms with Crippen LogP contribution in [0.3, 0.4) is 0 Å². The van der Waals surface area contributed by atoms with Crippen molar-refractivity contribution in [2.24, 2.45) is 5.84 Å². The second-order valence-electron chi connectivity index (χ2n) is 5.21. The predicted molar refractivity (Wildman–Crippen MR) is 87.9 cm³/mol. The van der Waals surface area contributed by atoms with E-state index in [1.807, 2.05) is 19.1 Å². The number of aromatic nitrogens is 2. The molecule has 0 unspecified atom stereocenters. The summed E-state index contributed by atoms with van der Waals surface area (Å²) in [6.45, 7) is 6.15. The van der Waals surface area contributed by atoms with E-state index < -0.39 is 0 Å². The molecule has 0 aliphatic carbocycles. The van der Waals surface area contributed by atoms with Crippen LogP contribution in [0.4, 0.5) is 5.82 Å². The van der Waals surface area contributed by atoms with Gasteiger partial charge in [0, 0.05) is 17.7 Å². The van der Waals surface area contributed by atoms with E-state index in [0.717, 1.165) is 16.8 Å². The van der Waals surface area contributed by atoms with E-state index in [-0.39, 0.29) is 0 Å². The number of rotatable bonds is 4. The largest absolute Gasteiger partial charge is 0.308 e. The van der Waals surface area contributed by atoms with Gasteiger partial charge in [-0.1, -0.05) is 43.1 Å². The van der Waals surface area contributed by atoms with E-state index in [1.54, 1.807) is 6.07 Å². The molecule has 0 saturated heterocycles. The minimum absolute atomic E-state index is 0.301. The van der Waals surface area contributed by atoms with Gasteiger partial charge >= 0.3 is 0 Å². The number of anilines is 1. The van der Waals surface area contributed by atoms with Gasteiger partial charge < -0.3 is 5.43 Å². The highest BCUT2D eigenvalue weighted by atomic mass is 35.5. The molecule has 0 amide bonds. The normalized spacial score (nSPS) is 11.0. The summed E-state index contributed by atoms with van der Waals surface area (Å²) in [5.41, 5.74) is 5.64. The molecule has 1 aromatic heterocycles. The minimum atomic E-state index is 0.301. The number of nitrogens with zero attached hydrogens (tertiary/aromatic N) is 2. The number of hydrazine groups is 1. The van der Waals surface area contributed by atoms with Crippen LogP contribution in [0.1, 0.15) is 42.4 Å². The van der Waals surface area contributed by atoms with Crippen molar-refractivity contribution in [3.63, 3.8) is 0 Å². The smallest absolute Gasteiger partial charge is 0.147 e. The number of nitrogen functional groups attached to an aromatic ring is 1. The number of benzene rings is 1. The van der Waals surface area contributed by atoms with Crippen LogP contribution in [-0.2, 0) is 6.42 Å². The molecule has 0 radical (unpaired) electrons. The molecule has 0 fully saturated rings. The summed E-state index contributed by atoms with van der Waals surface area (Å²) < 4.78 is 0. The van der Waals surface area contributed by atoms with E-state index in [1.165, 1.54) is 0 Å². The molecular weight excluding hydrogens is 307 g/mol. The van der Waals surface area contributed by atoms with Crippen molar-refractivity contribution in [2.75, 3.05) is 5.43 Å². The van der Waals surface area contributed by atoms with Gasteiger partial charge in [-0.05, 0) is 30.5 Å². The molecule has 0 aliphatic rings. The van der Waals surface area contributed by atoms with E-state index in [2.05, 4.69) is 29.2 Å². The fourth-order valence-electron chi connectivity index (χ4n) is 2.35. The highest BCUT2D eigenvalue weighted by Gasteiger charge is 2.14. The van der Waals surface area contributed by atoms with Crippen molar-refractivity contribution in [3.8, 4) is 0 Å². The van der Waals surface area contributed by atoms with Gasteiger partial charge in [0.2, 0.25) is 0 Å². The molecule has 6 heteroatoms. The Hall–Kier alpha value is -1.36. The molecule has 1 aromatic carbocycles. The van der Waals surface area contributed by atoms with Crippen LogP contribution < -0.4 is 11.3 Å². The van der Waals surface area contributed by atoms with Gasteiger partial charge in [-0.25, -0.2) is 15.8 Å². The molecule has 0 spiro atoms. The number of hydrogen-bond donors (Lipinski definition) is 2. The van der Waals surface area contributed by atoms with Gasteiger partial charge in [0.1, 0.15) is 11.6 Å². The first kappa shape index (κ1) is 16.0. The lowest BCUT2D eigenvalue weighted by atomic mass is 10.0. The molecule has 0 saturated carbocycles. The summed E-state index contributed by atoms with van der Waals surface area (Å²) in [6.07, 6.45) is 0.574. The zero-order valence-electron chi connectivity index (χ0n) is 12.2. The quantitative estimate of drug-likeness (QED) is 0.656. The Kier molecular flexibility index (Phi) is 5.04. The van der Waals surface area contributed by atoms with Gasteiger partial charge in [0.25, 0.3) is 0 Å². The van der Waals surface area contributed by atoms with Crippen LogP contribution >= 0.6 is 23.2 Å². The maximum Gasteiger partial charge on any atom is 0.147 e. The number of hydrogen-bond acceptors (Lipinski definition) is 4. The zero-order chi connectivity index (χ0) is 15.6. The molecule has 0 atom stereocenters. The number of halogens is 2. The van der Waals surface area contributed by atoms with Crippen LogP contribution in [-0.4, -0.2) is 9.97 Å². The van der Waals surface area contributed by atoms with Crippen molar-refractivity contribution < 1.29 is 0 Å². The van der Waals surface area contributed by atoms with E-state index >= 15 is 0 Å². The fourth-order valence-corrected chi connectivity index (χ4v) is 2.67. The van der Waals surface area contributed by atoms with Gasteiger partial charge in [-0.3, -0.25) is 0 Å². The summed E-state index contributed by atoms with van der Waals surface area (Å²) in [4.78, 5) is 9.06. The third-order valence-electron chi connectivity index (χ3n) is 3.24. The number of nitrogens with two attached hydrogens (primary N) is 1. The molecule has 112 valence electrons. The van der Waals surface area contributed by atoms with Crippen molar-refractivity contribution in [2.45, 2.75) is 33.1 Å². The summed E-state index contributed by atoms with van der Waals surface area (Å²) in [5, 5.41) is 1.07. The van der Waals surface area contributed by atoms with Gasteiger partial charge in [0.15, 0.2) is 0 Å². The standard InChI is InChI=1S/C15H18Cl2N4/c1-8(2)14-9(3)19-13(20-15(14)21-18)7-10-4-5-11(16)12(17)6-10/h4-6,8H,7,18H2,1-3H3,(H,19,20,21). The summed E-state index contributed by atoms with van der Waals surface area (Å²) >= 11 is 12.0. The molecule has 2 aromatic rings. The lowest BCUT2D eigenvalue weighted by molar-refractivity contribution is 0.812. The van der Waals surface area contributed by atoms with Crippen LogP contribution in [0, 0.1) is 6.92 Å². The Morgan fingerprint density at radius 2 is 1.90 bits per heavy atom. The highest BCUT2D eigenvalue weighted by molar-refractivity contribution is 6.42. The Bertz CT molecular complexity index is 656. The lowest BCUT2D eigenvalue weighted by Gasteiger charge is -2.15. The van der Waals surface area contributed by atoms with Crippen LogP contribution in [0.5, 0.6) is 0 Å². The van der Waals surface area contributed by atoms with Crippen molar-refractivity contribution in [1.29, 1.82) is 0 Å². The second kappa shape index (κ2) is 6.60. The second-order valence-corrected chi connectivity index (χ2v) is 6.03. The van der Waals surface area contributed by atoms with Crippen LogP contribution in [0.2, 0.25) is 10.0 Å². The molecule has 1 heterocycles. The molecule has 0 aliphatic heterocycles. The maximum absolute atomic E-state index is 6.03. The van der Waals surface area contributed by atoms with Gasteiger partial charge in [0.05, 0.1) is 10.0 Å². The Labute approximate surface area is 134 Å². The molecule has 0 bridgehead atoms. The first-order valence-electron chi connectivity index (χ1n) is 6.70. The average Bonchev–Trinajstić information content (AvgIpc) is 2.41. The first-order chi connectivity index (χ1) is 9.92. The minimum Gasteiger partial charge on any atom is -0.308 e. The molecule has 4 nitrogen and oxygen atoms in total. The Balaban J connectivity index is 2.36. The maximum atomic E-state index is 6.03. The van der Waals surface area contributed by atoms with E-state index in [9.17, 15) is 0 Å². The van der Waals surface area contributed by atoms with E-state index in [4.69, 9.17) is 29.0 Å². The van der Waals surface area contributed by atoms with Crippen molar-refractivity contribution in [1.82, 2.24) is 9.97 Å². The molecule has 21 heavy (non-hydrogen) atoms. The highest BCUT2D eigenvalue weighted by Crippen LogP contribution is 2.26. The van der Waals surface area contributed by atoms with Gasteiger partial charge in [-0.15, -0.1) is 0 Å². The molecular formula is C15H18Cl2N4. The molecule has 3 N–H and O–H groups in total. The number of nitrogens with one attached hydrogen (secondary N) is 1. The zero-order valence-corrected chi connectivity index (χ0v) is 13.8. The summed E-state index contributed by atoms with van der Waals surface area (Å²) in [5.74, 6) is 7.26. The monoisotopic (exact) mass is 324 g/mol. The summed E-state index contributed by atoms with van der Waals surface area (Å²) in [6, 6.07) is 5.52. The SMILES string of the molecule is Cc1nc(Cc2ccc(Cl)c(Cl)c2)nc(NN)c1C(C)C. The summed E-state index contributed by atoms with van der Waals surface area (Å²) in [7, 11) is 0. The Morgan fingerprint density at radius 3 is 2.48 bits per heavy atom. The topological polar surface area (TPSA) is 63.8 Å². The fraction of sp³-hybridized carbons (Fsp3) is 0.333. The van der Waals surface area contributed by atoms with Crippen LogP contribution in [0.15, 0.2) is 18.2 Å². The average molecular weight is 325 g/mol. The molecule has 2 rings (SSSR count). The van der Waals surface area contributed by atoms with Crippen molar-refractivity contribution >= 4 is 29.0 Å². The Morgan fingerprint density at radius 1 is 1.19 bits per heavy atom. The van der Waals surface area contributed by atoms with E-state index in [0.29, 0.717) is 34.0 Å². The third kappa shape index (κ3) is 3.64. The van der Waals surface area contributed by atoms with Crippen LogP contribution in [0.25, 0.3) is 0 Å². The van der Waals surface area contributed by atoms with Gasteiger partial charge in [-0.2, -0.15) is 0 Å². The predicted octanol–water partition coefficient (Wildman–Crippen LogP) is 4.09.